The van der Waals surface area contributed by atoms with Gasteiger partial charge in [-0.1, -0.05) is 42.5 Å². The van der Waals surface area contributed by atoms with Crippen LogP contribution in [0.5, 0.6) is 5.75 Å². The Balaban J connectivity index is 1.68. The van der Waals surface area contributed by atoms with Gasteiger partial charge in [-0.3, -0.25) is 9.89 Å². The van der Waals surface area contributed by atoms with Gasteiger partial charge in [0.1, 0.15) is 11.4 Å². The Morgan fingerprint density at radius 3 is 2.65 bits per heavy atom. The van der Waals surface area contributed by atoms with Crippen molar-refractivity contribution in [1.29, 1.82) is 0 Å². The van der Waals surface area contributed by atoms with E-state index in [0.29, 0.717) is 17.0 Å². The molecule has 6 nitrogen and oxygen atoms in total. The maximum atomic E-state index is 12.0. The van der Waals surface area contributed by atoms with Gasteiger partial charge in [0.25, 0.3) is 5.91 Å². The Morgan fingerprint density at radius 1 is 1.13 bits per heavy atom. The summed E-state index contributed by atoms with van der Waals surface area (Å²) in [5.74, 6) is -0.315. The molecule has 3 rings (SSSR count). The molecule has 0 saturated heterocycles. The molecule has 6 heteroatoms. The standard InChI is InChI=1S/C17H14N4O2/c22-16-9-5-4-8-13(16)11-18-21-17(23)15-10-14(19-20-15)12-6-2-1-3-7-12/h1-11,22H,(H,19,20)(H,21,23)/b18-11+. The first-order valence-electron chi connectivity index (χ1n) is 6.96. The van der Waals surface area contributed by atoms with Crippen LogP contribution in [0.2, 0.25) is 0 Å². The number of H-pyrrole nitrogens is 1. The number of aromatic nitrogens is 2. The Hall–Kier alpha value is -3.41. The van der Waals surface area contributed by atoms with E-state index in [4.69, 9.17) is 0 Å². The minimum atomic E-state index is -0.411. The maximum absolute atomic E-state index is 12.0. The molecule has 114 valence electrons. The highest BCUT2D eigenvalue weighted by Gasteiger charge is 2.10. The molecule has 23 heavy (non-hydrogen) atoms. The summed E-state index contributed by atoms with van der Waals surface area (Å²) in [5, 5.41) is 20.2. The molecule has 0 radical (unpaired) electrons. The van der Waals surface area contributed by atoms with Crippen LogP contribution in [-0.4, -0.2) is 27.4 Å². The number of nitrogens with zero attached hydrogens (tertiary/aromatic N) is 2. The molecule has 0 aliphatic rings. The van der Waals surface area contributed by atoms with Gasteiger partial charge in [-0.15, -0.1) is 0 Å². The number of nitrogens with one attached hydrogen (secondary N) is 2. The predicted octanol–water partition coefficient (Wildman–Crippen LogP) is 2.55. The van der Waals surface area contributed by atoms with Gasteiger partial charge in [-0.05, 0) is 18.2 Å². The van der Waals surface area contributed by atoms with Crippen LogP contribution in [0.15, 0.2) is 65.8 Å². The summed E-state index contributed by atoms with van der Waals surface area (Å²) in [5.41, 5.74) is 4.81. The van der Waals surface area contributed by atoms with E-state index in [1.165, 1.54) is 6.21 Å². The van der Waals surface area contributed by atoms with Crippen molar-refractivity contribution in [1.82, 2.24) is 15.6 Å². The van der Waals surface area contributed by atoms with E-state index in [1.807, 2.05) is 30.3 Å². The number of aromatic hydroxyl groups is 1. The van der Waals surface area contributed by atoms with Crippen LogP contribution in [0.4, 0.5) is 0 Å². The van der Waals surface area contributed by atoms with E-state index in [-0.39, 0.29) is 5.75 Å². The normalized spacial score (nSPS) is 10.8. The molecule has 0 atom stereocenters. The van der Waals surface area contributed by atoms with Crippen LogP contribution < -0.4 is 5.43 Å². The SMILES string of the molecule is O=C(N/N=C/c1ccccc1O)c1cc(-c2ccccc2)n[nH]1. The van der Waals surface area contributed by atoms with Gasteiger partial charge in [-0.2, -0.15) is 10.2 Å². The maximum Gasteiger partial charge on any atom is 0.289 e. The molecule has 0 aliphatic heterocycles. The highest BCUT2D eigenvalue weighted by atomic mass is 16.3. The van der Waals surface area contributed by atoms with Crippen LogP contribution in [0.1, 0.15) is 16.1 Å². The molecule has 0 spiro atoms. The van der Waals surface area contributed by atoms with Gasteiger partial charge in [0.15, 0.2) is 0 Å². The summed E-state index contributed by atoms with van der Waals surface area (Å²) in [7, 11) is 0. The third-order valence-electron chi connectivity index (χ3n) is 3.20. The first-order valence-corrected chi connectivity index (χ1v) is 6.96. The van der Waals surface area contributed by atoms with Crippen molar-refractivity contribution in [2.45, 2.75) is 0 Å². The number of rotatable bonds is 4. The number of carbonyl (C=O) groups is 1. The van der Waals surface area contributed by atoms with Gasteiger partial charge in [-0.25, -0.2) is 5.43 Å². The fourth-order valence-electron chi connectivity index (χ4n) is 2.01. The largest absolute Gasteiger partial charge is 0.507 e. The molecule has 0 aliphatic carbocycles. The Bertz CT molecular complexity index is 841. The van der Waals surface area contributed by atoms with E-state index in [9.17, 15) is 9.90 Å². The molecule has 0 bridgehead atoms. The zero-order valence-electron chi connectivity index (χ0n) is 12.1. The summed E-state index contributed by atoms with van der Waals surface area (Å²) in [6.45, 7) is 0. The van der Waals surface area contributed by atoms with E-state index in [2.05, 4.69) is 20.7 Å². The molecule has 1 heterocycles. The topological polar surface area (TPSA) is 90.4 Å². The highest BCUT2D eigenvalue weighted by molar-refractivity contribution is 5.94. The van der Waals surface area contributed by atoms with Crippen LogP contribution in [-0.2, 0) is 0 Å². The van der Waals surface area contributed by atoms with Crippen molar-refractivity contribution >= 4 is 12.1 Å². The summed E-state index contributed by atoms with van der Waals surface area (Å²) < 4.78 is 0. The molecule has 3 N–H and O–H groups in total. The Morgan fingerprint density at radius 2 is 1.87 bits per heavy atom. The fourth-order valence-corrected chi connectivity index (χ4v) is 2.01. The number of benzene rings is 2. The van der Waals surface area contributed by atoms with E-state index in [1.54, 1.807) is 30.3 Å². The number of hydrogen-bond donors (Lipinski definition) is 3. The highest BCUT2D eigenvalue weighted by Crippen LogP contribution is 2.16. The van der Waals surface area contributed by atoms with Gasteiger partial charge in [0.2, 0.25) is 0 Å². The number of aromatic amines is 1. The lowest BCUT2D eigenvalue weighted by atomic mass is 10.1. The average Bonchev–Trinajstić information content (AvgIpc) is 3.07. The van der Waals surface area contributed by atoms with Gasteiger partial charge >= 0.3 is 0 Å². The van der Waals surface area contributed by atoms with Crippen molar-refractivity contribution in [3.05, 3.63) is 71.9 Å². The fraction of sp³-hybridized carbons (Fsp3) is 0. The molecule has 3 aromatic rings. The second kappa shape index (κ2) is 6.57. The number of para-hydroxylation sites is 1. The molecule has 0 saturated carbocycles. The lowest BCUT2D eigenvalue weighted by Crippen LogP contribution is -2.18. The second-order valence-electron chi connectivity index (χ2n) is 4.79. The average molecular weight is 306 g/mol. The molecule has 2 aromatic carbocycles. The van der Waals surface area contributed by atoms with Crippen LogP contribution in [0.3, 0.4) is 0 Å². The van der Waals surface area contributed by atoms with E-state index in [0.717, 1.165) is 5.56 Å². The number of hydrogen-bond acceptors (Lipinski definition) is 4. The zero-order valence-corrected chi connectivity index (χ0v) is 12.1. The van der Waals surface area contributed by atoms with Crippen molar-refractivity contribution in [3.63, 3.8) is 0 Å². The Kier molecular flexibility index (Phi) is 4.15. The molecule has 0 unspecified atom stereocenters. The van der Waals surface area contributed by atoms with Gasteiger partial charge < -0.3 is 5.11 Å². The van der Waals surface area contributed by atoms with Crippen LogP contribution in [0, 0.1) is 0 Å². The van der Waals surface area contributed by atoms with Crippen molar-refractivity contribution in [2.24, 2.45) is 5.10 Å². The second-order valence-corrected chi connectivity index (χ2v) is 4.79. The summed E-state index contributed by atoms with van der Waals surface area (Å²) >= 11 is 0. The van der Waals surface area contributed by atoms with E-state index >= 15 is 0 Å². The smallest absolute Gasteiger partial charge is 0.289 e. The Labute approximate surface area is 132 Å². The van der Waals surface area contributed by atoms with Gasteiger partial charge in [0, 0.05) is 11.1 Å². The van der Waals surface area contributed by atoms with E-state index < -0.39 is 5.91 Å². The van der Waals surface area contributed by atoms with Gasteiger partial charge in [0.05, 0.1) is 11.9 Å². The third kappa shape index (κ3) is 3.44. The summed E-state index contributed by atoms with van der Waals surface area (Å²) in [6.07, 6.45) is 1.38. The van der Waals surface area contributed by atoms with Crippen LogP contribution >= 0.6 is 0 Å². The quantitative estimate of drug-likeness (QED) is 0.511. The lowest BCUT2D eigenvalue weighted by Gasteiger charge is -1.98. The zero-order chi connectivity index (χ0) is 16.1. The molecule has 1 aromatic heterocycles. The third-order valence-corrected chi connectivity index (χ3v) is 3.20. The predicted molar refractivity (Wildman–Crippen MR) is 87.2 cm³/mol. The molecule has 0 fully saturated rings. The number of carbonyl (C=O) groups excluding carboxylic acids is 1. The number of hydrazone groups is 1. The van der Waals surface area contributed by atoms with Crippen molar-refractivity contribution < 1.29 is 9.90 Å². The first-order chi connectivity index (χ1) is 11.2. The number of phenolic OH excluding ortho intramolecular Hbond substituents is 1. The lowest BCUT2D eigenvalue weighted by molar-refractivity contribution is 0.0950. The number of phenols is 1. The minimum absolute atomic E-state index is 0.0957. The molecular weight excluding hydrogens is 292 g/mol. The minimum Gasteiger partial charge on any atom is -0.507 e. The summed E-state index contributed by atoms with van der Waals surface area (Å²) in [4.78, 5) is 12.0. The summed E-state index contributed by atoms with van der Waals surface area (Å²) in [6, 6.07) is 17.9. The first kappa shape index (κ1) is 14.5. The molecular formula is C17H14N4O2. The number of amides is 1. The monoisotopic (exact) mass is 306 g/mol. The molecule has 1 amide bonds. The van der Waals surface area contributed by atoms with Crippen LogP contribution in [0.25, 0.3) is 11.3 Å². The van der Waals surface area contributed by atoms with Crippen molar-refractivity contribution in [3.8, 4) is 17.0 Å². The van der Waals surface area contributed by atoms with Crippen molar-refractivity contribution in [2.75, 3.05) is 0 Å².